The summed E-state index contributed by atoms with van der Waals surface area (Å²) in [5.41, 5.74) is 3.61. The summed E-state index contributed by atoms with van der Waals surface area (Å²) in [6, 6.07) is 9.33. The number of phenols is 1. The first kappa shape index (κ1) is 16.9. The predicted octanol–water partition coefficient (Wildman–Crippen LogP) is 4.38. The highest BCUT2D eigenvalue weighted by Crippen LogP contribution is 2.30. The maximum atomic E-state index is 13.0. The molecule has 2 aromatic rings. The topological polar surface area (TPSA) is 56.7 Å². The summed E-state index contributed by atoms with van der Waals surface area (Å²) in [7, 11) is 0. The van der Waals surface area contributed by atoms with E-state index in [1.807, 2.05) is 0 Å². The zero-order valence-corrected chi connectivity index (χ0v) is 15.0. The van der Waals surface area contributed by atoms with Gasteiger partial charge >= 0.3 is 0 Å². The number of hydrogen-bond donors (Lipinski definition) is 3. The van der Waals surface area contributed by atoms with E-state index in [0.29, 0.717) is 15.7 Å². The second-order valence-corrected chi connectivity index (χ2v) is 6.34. The van der Waals surface area contributed by atoms with Gasteiger partial charge in [-0.1, -0.05) is 22.0 Å². The molecule has 0 atom stereocenters. The molecule has 8 heteroatoms. The average Bonchev–Trinajstić information content (AvgIpc) is 2.44. The number of phenolic OH excluding ortho intramolecular Hbond substituents is 1. The molecule has 0 aromatic heterocycles. The molecular formula is C14H10Br2FN3OS. The molecule has 0 unspecified atom stereocenters. The molecule has 0 spiro atoms. The molecule has 0 aliphatic carbocycles. The van der Waals surface area contributed by atoms with Crippen LogP contribution >= 0.6 is 44.1 Å². The molecule has 0 bridgehead atoms. The monoisotopic (exact) mass is 445 g/mol. The van der Waals surface area contributed by atoms with Crippen LogP contribution in [-0.4, -0.2) is 16.4 Å². The van der Waals surface area contributed by atoms with Gasteiger partial charge in [-0.3, -0.25) is 5.43 Å². The minimum atomic E-state index is -0.361. The summed E-state index contributed by atoms with van der Waals surface area (Å²) >= 11 is 11.6. The third kappa shape index (κ3) is 4.75. The van der Waals surface area contributed by atoms with E-state index in [4.69, 9.17) is 12.2 Å². The summed E-state index contributed by atoms with van der Waals surface area (Å²) in [4.78, 5) is 0. The van der Waals surface area contributed by atoms with Gasteiger partial charge in [-0.25, -0.2) is 4.39 Å². The van der Waals surface area contributed by atoms with Crippen LogP contribution in [0.1, 0.15) is 5.56 Å². The quantitative estimate of drug-likeness (QED) is 0.372. The van der Waals surface area contributed by atoms with E-state index in [0.717, 1.165) is 4.47 Å². The van der Waals surface area contributed by atoms with Gasteiger partial charge in [0, 0.05) is 15.7 Å². The zero-order valence-electron chi connectivity index (χ0n) is 11.0. The number of thiocarbonyl (C=S) groups is 1. The van der Waals surface area contributed by atoms with Crippen molar-refractivity contribution in [3.8, 4) is 5.75 Å². The van der Waals surface area contributed by atoms with Gasteiger partial charge in [0.1, 0.15) is 11.6 Å². The van der Waals surface area contributed by atoms with E-state index in [9.17, 15) is 9.50 Å². The fourth-order valence-electron chi connectivity index (χ4n) is 1.57. The Morgan fingerprint density at radius 1 is 1.27 bits per heavy atom. The summed E-state index contributed by atoms with van der Waals surface area (Å²) in [5.74, 6) is -0.294. The van der Waals surface area contributed by atoms with E-state index in [2.05, 4.69) is 47.7 Å². The maximum Gasteiger partial charge on any atom is 0.191 e. The number of nitrogens with zero attached hydrogens (tertiary/aromatic N) is 1. The van der Waals surface area contributed by atoms with E-state index in [1.54, 1.807) is 24.3 Å². The lowest BCUT2D eigenvalue weighted by atomic mass is 10.2. The molecule has 0 aliphatic heterocycles. The molecule has 0 amide bonds. The first-order chi connectivity index (χ1) is 10.5. The van der Waals surface area contributed by atoms with Gasteiger partial charge in [0.05, 0.1) is 10.7 Å². The number of rotatable bonds is 3. The number of hydrazone groups is 1. The standard InChI is InChI=1S/C14H10Br2FN3OS/c15-9-4-8(13(21)12(16)5-9)7-18-20-14(22)19-11-3-1-2-10(17)6-11/h1-7,21H,(H2,19,20,22)/b18-7+. The van der Waals surface area contributed by atoms with Gasteiger partial charge in [-0.05, 0) is 58.5 Å². The van der Waals surface area contributed by atoms with Crippen LogP contribution in [0.15, 0.2) is 50.4 Å². The molecule has 3 N–H and O–H groups in total. The molecular weight excluding hydrogens is 437 g/mol. The van der Waals surface area contributed by atoms with E-state index >= 15 is 0 Å². The maximum absolute atomic E-state index is 13.0. The van der Waals surface area contributed by atoms with Crippen LogP contribution < -0.4 is 10.7 Å². The summed E-state index contributed by atoms with van der Waals surface area (Å²) in [6.45, 7) is 0. The van der Waals surface area contributed by atoms with Gasteiger partial charge in [-0.15, -0.1) is 0 Å². The van der Waals surface area contributed by atoms with Gasteiger partial charge in [-0.2, -0.15) is 5.10 Å². The van der Waals surface area contributed by atoms with Gasteiger partial charge < -0.3 is 10.4 Å². The molecule has 0 aliphatic rings. The van der Waals surface area contributed by atoms with Crippen LogP contribution in [0.4, 0.5) is 10.1 Å². The lowest BCUT2D eigenvalue weighted by Crippen LogP contribution is -2.23. The van der Waals surface area contributed by atoms with Gasteiger partial charge in [0.15, 0.2) is 5.11 Å². The number of halogens is 3. The van der Waals surface area contributed by atoms with Crippen molar-refractivity contribution in [1.29, 1.82) is 0 Å². The van der Waals surface area contributed by atoms with E-state index in [1.165, 1.54) is 18.3 Å². The normalized spacial score (nSPS) is 10.7. The van der Waals surface area contributed by atoms with Gasteiger partial charge in [0.25, 0.3) is 0 Å². The van der Waals surface area contributed by atoms with Crippen LogP contribution in [-0.2, 0) is 0 Å². The van der Waals surface area contributed by atoms with Crippen molar-refractivity contribution < 1.29 is 9.50 Å². The average molecular weight is 447 g/mol. The van der Waals surface area contributed by atoms with Crippen LogP contribution in [0.5, 0.6) is 5.75 Å². The van der Waals surface area contributed by atoms with E-state index < -0.39 is 0 Å². The number of anilines is 1. The fraction of sp³-hybridized carbons (Fsp3) is 0. The minimum Gasteiger partial charge on any atom is -0.506 e. The molecule has 0 saturated carbocycles. The van der Waals surface area contributed by atoms with Crippen LogP contribution in [0.2, 0.25) is 0 Å². The Morgan fingerprint density at radius 2 is 2.05 bits per heavy atom. The van der Waals surface area contributed by atoms with Crippen LogP contribution in [0, 0.1) is 5.82 Å². The Hall–Kier alpha value is -1.51. The van der Waals surface area contributed by atoms with Crippen molar-refractivity contribution in [2.45, 2.75) is 0 Å². The second kappa shape index (κ2) is 7.66. The summed E-state index contributed by atoms with van der Waals surface area (Å²) < 4.78 is 14.4. The Morgan fingerprint density at radius 3 is 2.77 bits per heavy atom. The molecule has 4 nitrogen and oxygen atoms in total. The molecule has 0 radical (unpaired) electrons. The number of benzene rings is 2. The van der Waals surface area contributed by atoms with Gasteiger partial charge in [0.2, 0.25) is 0 Å². The molecule has 2 aromatic carbocycles. The van der Waals surface area contributed by atoms with Crippen LogP contribution in [0.25, 0.3) is 0 Å². The third-order valence-corrected chi connectivity index (χ3v) is 3.77. The molecule has 0 fully saturated rings. The Bertz CT molecular complexity index is 740. The van der Waals surface area contributed by atoms with E-state index in [-0.39, 0.29) is 16.7 Å². The van der Waals surface area contributed by atoms with Crippen molar-refractivity contribution in [3.05, 3.63) is 56.7 Å². The largest absolute Gasteiger partial charge is 0.506 e. The van der Waals surface area contributed by atoms with Crippen molar-refractivity contribution in [2.75, 3.05) is 5.32 Å². The number of aromatic hydroxyl groups is 1. The van der Waals surface area contributed by atoms with Crippen LogP contribution in [0.3, 0.4) is 0 Å². The van der Waals surface area contributed by atoms with Crippen molar-refractivity contribution in [2.24, 2.45) is 5.10 Å². The summed E-state index contributed by atoms with van der Waals surface area (Å²) in [6.07, 6.45) is 1.42. The summed E-state index contributed by atoms with van der Waals surface area (Å²) in [5, 5.41) is 16.8. The predicted molar refractivity (Wildman–Crippen MR) is 96.9 cm³/mol. The lowest BCUT2D eigenvalue weighted by molar-refractivity contribution is 0.471. The first-order valence-corrected chi connectivity index (χ1v) is 7.99. The number of nitrogens with one attached hydrogen (secondary N) is 2. The third-order valence-electron chi connectivity index (χ3n) is 2.51. The highest BCUT2D eigenvalue weighted by atomic mass is 79.9. The lowest BCUT2D eigenvalue weighted by Gasteiger charge is -2.07. The molecule has 0 saturated heterocycles. The molecule has 2 rings (SSSR count). The molecule has 22 heavy (non-hydrogen) atoms. The first-order valence-electron chi connectivity index (χ1n) is 5.99. The van der Waals surface area contributed by atoms with Crippen molar-refractivity contribution in [1.82, 2.24) is 5.43 Å². The molecule has 0 heterocycles. The molecule has 114 valence electrons. The highest BCUT2D eigenvalue weighted by molar-refractivity contribution is 9.11. The zero-order chi connectivity index (χ0) is 16.1. The smallest absolute Gasteiger partial charge is 0.191 e. The van der Waals surface area contributed by atoms with Crippen molar-refractivity contribution in [3.63, 3.8) is 0 Å². The SMILES string of the molecule is Oc1c(Br)cc(Br)cc1/C=N/NC(=S)Nc1cccc(F)c1. The second-order valence-electron chi connectivity index (χ2n) is 4.16. The Labute approximate surface area is 148 Å². The number of hydrogen-bond acceptors (Lipinski definition) is 3. The Kier molecular flexibility index (Phi) is 5.87. The minimum absolute atomic E-state index is 0.0674. The van der Waals surface area contributed by atoms with Crippen molar-refractivity contribution >= 4 is 61.1 Å². The fourth-order valence-corrected chi connectivity index (χ4v) is 3.00. The highest BCUT2D eigenvalue weighted by Gasteiger charge is 2.05. The Balaban J connectivity index is 1.99.